The van der Waals surface area contributed by atoms with Gasteiger partial charge >= 0.3 is 0 Å². The molecule has 1 aromatic carbocycles. The summed E-state index contributed by atoms with van der Waals surface area (Å²) in [5.41, 5.74) is 3.14. The average molecular weight is 293 g/mol. The summed E-state index contributed by atoms with van der Waals surface area (Å²) in [6, 6.07) is 8.30. The second-order valence-corrected chi connectivity index (χ2v) is 5.87. The fourth-order valence-electron chi connectivity index (χ4n) is 2.19. The summed E-state index contributed by atoms with van der Waals surface area (Å²) in [6.07, 6.45) is 0.486. The van der Waals surface area contributed by atoms with Crippen LogP contribution in [0.25, 0.3) is 10.9 Å². The molecule has 0 saturated heterocycles. The number of halogens is 1. The van der Waals surface area contributed by atoms with Gasteiger partial charge in [-0.05, 0) is 45.0 Å². The summed E-state index contributed by atoms with van der Waals surface area (Å²) in [7, 11) is 2.03. The van der Waals surface area contributed by atoms with E-state index in [1.165, 1.54) is 5.56 Å². The predicted octanol–water partition coefficient (Wildman–Crippen LogP) is 3.40. The van der Waals surface area contributed by atoms with Crippen molar-refractivity contribution in [1.82, 2.24) is 9.88 Å². The molecule has 1 aromatic heterocycles. The maximum Gasteiger partial charge on any atom is 0.134 e. The number of nitrogens with zero attached hydrogens (tertiary/aromatic N) is 2. The van der Waals surface area contributed by atoms with Crippen molar-refractivity contribution in [1.29, 1.82) is 0 Å². The van der Waals surface area contributed by atoms with Gasteiger partial charge < -0.3 is 10.0 Å². The number of aromatic nitrogens is 1. The molecule has 108 valence electrons. The first kappa shape index (κ1) is 15.2. The van der Waals surface area contributed by atoms with Crippen LogP contribution in [0.1, 0.15) is 24.5 Å². The molecular weight excluding hydrogens is 272 g/mol. The SMILES string of the molecule is Cc1ccc2cc(CN(C)CCC(C)O)c(Cl)nc2c1. The topological polar surface area (TPSA) is 36.4 Å². The fraction of sp³-hybridized carbons (Fsp3) is 0.438. The Morgan fingerprint density at radius 1 is 1.35 bits per heavy atom. The van der Waals surface area contributed by atoms with E-state index in [2.05, 4.69) is 28.1 Å². The van der Waals surface area contributed by atoms with Gasteiger partial charge in [0, 0.05) is 24.0 Å². The van der Waals surface area contributed by atoms with Crippen LogP contribution in [0.2, 0.25) is 5.15 Å². The molecule has 2 aromatic rings. The quantitative estimate of drug-likeness (QED) is 0.858. The lowest BCUT2D eigenvalue weighted by Gasteiger charge is -2.18. The Hall–Kier alpha value is -1.16. The molecule has 0 amide bonds. The summed E-state index contributed by atoms with van der Waals surface area (Å²) in [4.78, 5) is 6.62. The zero-order valence-corrected chi connectivity index (χ0v) is 13.0. The summed E-state index contributed by atoms with van der Waals surface area (Å²) >= 11 is 6.28. The minimum Gasteiger partial charge on any atom is -0.393 e. The molecular formula is C16H21ClN2O. The number of aliphatic hydroxyl groups is 1. The number of fused-ring (bicyclic) bond motifs is 1. The molecule has 0 saturated carbocycles. The lowest BCUT2D eigenvalue weighted by Crippen LogP contribution is -2.22. The second kappa shape index (κ2) is 6.53. The molecule has 20 heavy (non-hydrogen) atoms. The molecule has 1 atom stereocenters. The number of aliphatic hydroxyl groups excluding tert-OH is 1. The van der Waals surface area contributed by atoms with Gasteiger partial charge in [0.05, 0.1) is 11.6 Å². The van der Waals surface area contributed by atoms with Crippen LogP contribution in [0, 0.1) is 6.92 Å². The largest absolute Gasteiger partial charge is 0.393 e. The molecule has 1 heterocycles. The standard InChI is InChI=1S/C16H21ClN2O/c1-11-4-5-13-9-14(16(17)18-15(13)8-11)10-19(3)7-6-12(2)20/h4-5,8-9,12,20H,6-7,10H2,1-3H3. The third kappa shape index (κ3) is 3.92. The fourth-order valence-corrected chi connectivity index (χ4v) is 2.39. The first-order chi connectivity index (χ1) is 9.45. The molecule has 0 bridgehead atoms. The van der Waals surface area contributed by atoms with Crippen molar-refractivity contribution in [2.24, 2.45) is 0 Å². The molecule has 0 aliphatic heterocycles. The van der Waals surface area contributed by atoms with Crippen LogP contribution in [0.3, 0.4) is 0 Å². The molecule has 0 spiro atoms. The Morgan fingerprint density at radius 3 is 2.80 bits per heavy atom. The van der Waals surface area contributed by atoms with E-state index >= 15 is 0 Å². The van der Waals surface area contributed by atoms with Gasteiger partial charge in [-0.3, -0.25) is 0 Å². The van der Waals surface area contributed by atoms with Crippen molar-refractivity contribution in [3.05, 3.63) is 40.5 Å². The van der Waals surface area contributed by atoms with Gasteiger partial charge in [-0.25, -0.2) is 4.98 Å². The second-order valence-electron chi connectivity index (χ2n) is 5.51. The van der Waals surface area contributed by atoms with Crippen molar-refractivity contribution in [2.75, 3.05) is 13.6 Å². The molecule has 3 nitrogen and oxygen atoms in total. The number of benzene rings is 1. The Balaban J connectivity index is 2.17. The van der Waals surface area contributed by atoms with Gasteiger partial charge in [0.2, 0.25) is 0 Å². The van der Waals surface area contributed by atoms with Crippen molar-refractivity contribution in [3.8, 4) is 0 Å². The molecule has 1 unspecified atom stereocenters. The minimum atomic E-state index is -0.273. The number of hydrogen-bond donors (Lipinski definition) is 1. The van der Waals surface area contributed by atoms with Gasteiger partial charge in [0.1, 0.15) is 5.15 Å². The summed E-state index contributed by atoms with van der Waals surface area (Å²) in [6.45, 7) is 5.43. The molecule has 0 radical (unpaired) electrons. The Kier molecular flexibility index (Phi) is 4.97. The van der Waals surface area contributed by atoms with Crippen LogP contribution < -0.4 is 0 Å². The van der Waals surface area contributed by atoms with Crippen molar-refractivity contribution >= 4 is 22.5 Å². The van der Waals surface area contributed by atoms with E-state index in [9.17, 15) is 5.11 Å². The van der Waals surface area contributed by atoms with Gasteiger partial charge in [-0.15, -0.1) is 0 Å². The zero-order valence-electron chi connectivity index (χ0n) is 12.2. The molecule has 0 aliphatic rings. The van der Waals surface area contributed by atoms with Gasteiger partial charge in [0.25, 0.3) is 0 Å². The van der Waals surface area contributed by atoms with Crippen molar-refractivity contribution < 1.29 is 5.11 Å². The van der Waals surface area contributed by atoms with E-state index in [1.807, 2.05) is 20.0 Å². The molecule has 2 rings (SSSR count). The predicted molar refractivity (Wildman–Crippen MR) is 84.1 cm³/mol. The smallest absolute Gasteiger partial charge is 0.134 e. The normalized spacial score (nSPS) is 13.1. The van der Waals surface area contributed by atoms with E-state index in [0.29, 0.717) is 5.15 Å². The first-order valence-corrected chi connectivity index (χ1v) is 7.26. The number of pyridine rings is 1. The highest BCUT2D eigenvalue weighted by atomic mass is 35.5. The molecule has 0 aliphatic carbocycles. The maximum absolute atomic E-state index is 9.32. The maximum atomic E-state index is 9.32. The van der Waals surface area contributed by atoms with Crippen LogP contribution in [0.4, 0.5) is 0 Å². The highest BCUT2D eigenvalue weighted by molar-refractivity contribution is 6.30. The third-order valence-electron chi connectivity index (χ3n) is 3.37. The molecule has 1 N–H and O–H groups in total. The number of aryl methyl sites for hydroxylation is 1. The van der Waals surface area contributed by atoms with Crippen LogP contribution in [-0.2, 0) is 6.54 Å². The van der Waals surface area contributed by atoms with Crippen molar-refractivity contribution in [2.45, 2.75) is 32.9 Å². The Morgan fingerprint density at radius 2 is 2.10 bits per heavy atom. The highest BCUT2D eigenvalue weighted by Crippen LogP contribution is 2.22. The third-order valence-corrected chi connectivity index (χ3v) is 3.70. The van der Waals surface area contributed by atoms with Crippen LogP contribution in [-0.4, -0.2) is 34.7 Å². The first-order valence-electron chi connectivity index (χ1n) is 6.88. The molecule has 0 fully saturated rings. The Bertz CT molecular complexity index is 598. The van der Waals surface area contributed by atoms with Crippen LogP contribution in [0.5, 0.6) is 0 Å². The highest BCUT2D eigenvalue weighted by Gasteiger charge is 2.09. The summed E-state index contributed by atoms with van der Waals surface area (Å²) in [5, 5.41) is 11.0. The van der Waals surface area contributed by atoms with Crippen molar-refractivity contribution in [3.63, 3.8) is 0 Å². The van der Waals surface area contributed by atoms with E-state index in [0.717, 1.165) is 36.0 Å². The van der Waals surface area contributed by atoms with Crippen LogP contribution in [0.15, 0.2) is 24.3 Å². The minimum absolute atomic E-state index is 0.273. The number of hydrogen-bond acceptors (Lipinski definition) is 3. The van der Waals surface area contributed by atoms with Crippen LogP contribution >= 0.6 is 11.6 Å². The van der Waals surface area contributed by atoms with E-state index in [-0.39, 0.29) is 6.10 Å². The molecule has 4 heteroatoms. The van der Waals surface area contributed by atoms with E-state index < -0.39 is 0 Å². The Labute approximate surface area is 125 Å². The van der Waals surface area contributed by atoms with E-state index in [1.54, 1.807) is 6.92 Å². The van der Waals surface area contributed by atoms with E-state index in [4.69, 9.17) is 11.6 Å². The number of rotatable bonds is 5. The zero-order chi connectivity index (χ0) is 14.7. The van der Waals surface area contributed by atoms with Gasteiger partial charge in [-0.2, -0.15) is 0 Å². The van der Waals surface area contributed by atoms with Gasteiger partial charge in [-0.1, -0.05) is 23.7 Å². The summed E-state index contributed by atoms with van der Waals surface area (Å²) < 4.78 is 0. The lowest BCUT2D eigenvalue weighted by atomic mass is 10.1. The lowest BCUT2D eigenvalue weighted by molar-refractivity contribution is 0.163. The van der Waals surface area contributed by atoms with Gasteiger partial charge in [0.15, 0.2) is 0 Å². The average Bonchev–Trinajstić information content (AvgIpc) is 2.37. The summed E-state index contributed by atoms with van der Waals surface area (Å²) in [5.74, 6) is 0. The monoisotopic (exact) mass is 292 g/mol.